The Bertz CT molecular complexity index is 592. The number of rotatable bonds is 8. The number of aliphatic hydroxyl groups excluding tert-OH is 1. The van der Waals surface area contributed by atoms with E-state index in [4.69, 9.17) is 5.11 Å². The maximum atomic E-state index is 12.4. The molecule has 0 aliphatic carbocycles. The van der Waals surface area contributed by atoms with Crippen LogP contribution in [0, 0.1) is 0 Å². The average molecular weight is 318 g/mol. The van der Waals surface area contributed by atoms with Gasteiger partial charge in [-0.15, -0.1) is 0 Å². The number of hydrogen-bond donors (Lipinski definition) is 2. The van der Waals surface area contributed by atoms with Gasteiger partial charge in [0.25, 0.3) is 0 Å². The van der Waals surface area contributed by atoms with Crippen molar-refractivity contribution in [1.29, 1.82) is 0 Å². The molecule has 1 heterocycles. The van der Waals surface area contributed by atoms with Gasteiger partial charge < -0.3 is 14.8 Å². The summed E-state index contributed by atoms with van der Waals surface area (Å²) in [7, 11) is -2.34. The number of aliphatic hydroxyl groups is 1. The Labute approximate surface area is 124 Å². The van der Waals surface area contributed by atoms with Crippen LogP contribution < -0.4 is 0 Å². The molecule has 2 N–H and O–H groups in total. The quantitative estimate of drug-likeness (QED) is 0.744. The lowest BCUT2D eigenvalue weighted by Crippen LogP contribution is -2.29. The summed E-state index contributed by atoms with van der Waals surface area (Å²) in [6, 6.07) is 1.17. The van der Waals surface area contributed by atoms with Crippen LogP contribution in [0.2, 0.25) is 0 Å². The molecule has 0 spiro atoms. The minimum atomic E-state index is -3.75. The van der Waals surface area contributed by atoms with Crippen LogP contribution in [0.15, 0.2) is 17.2 Å². The van der Waals surface area contributed by atoms with Crippen molar-refractivity contribution in [3.05, 3.63) is 18.0 Å². The summed E-state index contributed by atoms with van der Waals surface area (Å²) in [6.07, 6.45) is 1.77. The third-order valence-corrected chi connectivity index (χ3v) is 4.95. The van der Waals surface area contributed by atoms with Crippen molar-refractivity contribution in [1.82, 2.24) is 8.87 Å². The van der Waals surface area contributed by atoms with Gasteiger partial charge in [0.05, 0.1) is 6.10 Å². The molecule has 0 bridgehead atoms. The van der Waals surface area contributed by atoms with Gasteiger partial charge in [0.1, 0.15) is 10.6 Å². The predicted molar refractivity (Wildman–Crippen MR) is 77.8 cm³/mol. The fraction of sp³-hybridized carbons (Fsp3) is 0.615. The molecule has 0 aromatic carbocycles. The van der Waals surface area contributed by atoms with E-state index < -0.39 is 22.1 Å². The fourth-order valence-corrected chi connectivity index (χ4v) is 3.13. The Morgan fingerprint density at radius 3 is 2.57 bits per heavy atom. The van der Waals surface area contributed by atoms with Crippen LogP contribution in [0.4, 0.5) is 0 Å². The number of carboxylic acids is 1. The third kappa shape index (κ3) is 4.29. The zero-order valence-electron chi connectivity index (χ0n) is 12.5. The van der Waals surface area contributed by atoms with E-state index in [9.17, 15) is 18.3 Å². The van der Waals surface area contributed by atoms with Crippen molar-refractivity contribution in [3.8, 4) is 0 Å². The van der Waals surface area contributed by atoms with E-state index in [1.54, 1.807) is 6.92 Å². The van der Waals surface area contributed by atoms with E-state index in [0.29, 0.717) is 19.4 Å². The second kappa shape index (κ2) is 7.06. The lowest BCUT2D eigenvalue weighted by atomic mass is 10.3. The normalized spacial score (nSPS) is 13.6. The van der Waals surface area contributed by atoms with Gasteiger partial charge in [-0.1, -0.05) is 6.92 Å². The molecule has 7 nitrogen and oxygen atoms in total. The van der Waals surface area contributed by atoms with E-state index >= 15 is 0 Å². The molecule has 0 amide bonds. The Balaban J connectivity index is 3.08. The highest BCUT2D eigenvalue weighted by atomic mass is 32.2. The van der Waals surface area contributed by atoms with E-state index in [2.05, 4.69) is 0 Å². The Hall–Kier alpha value is -1.38. The summed E-state index contributed by atoms with van der Waals surface area (Å²) in [4.78, 5) is 11.1. The molecule has 120 valence electrons. The van der Waals surface area contributed by atoms with E-state index in [0.717, 1.165) is 4.31 Å². The molecule has 1 atom stereocenters. The number of carboxylic acid groups (broad SMARTS) is 1. The van der Waals surface area contributed by atoms with Gasteiger partial charge in [-0.3, -0.25) is 0 Å². The molecular formula is C13H22N2O5S. The average Bonchev–Trinajstić information content (AvgIpc) is 2.81. The zero-order valence-corrected chi connectivity index (χ0v) is 13.3. The standard InChI is InChI=1S/C13H22N2O5S/c1-4-6-15-9-11(8-12(15)13(17)18)21(19,20)14(3)7-5-10(2)16/h8-10,16H,4-7H2,1-3H3,(H,17,18). The smallest absolute Gasteiger partial charge is 0.352 e. The van der Waals surface area contributed by atoms with Crippen LogP contribution in [0.5, 0.6) is 0 Å². The zero-order chi connectivity index (χ0) is 16.2. The van der Waals surface area contributed by atoms with Gasteiger partial charge in [0, 0.05) is 26.3 Å². The number of aryl methyl sites for hydroxylation is 1. The number of aromatic nitrogens is 1. The number of carbonyl (C=O) groups is 1. The Morgan fingerprint density at radius 1 is 1.48 bits per heavy atom. The van der Waals surface area contributed by atoms with Crippen molar-refractivity contribution < 1.29 is 23.4 Å². The highest BCUT2D eigenvalue weighted by Crippen LogP contribution is 2.19. The predicted octanol–water partition coefficient (Wildman–Crippen LogP) is 0.988. The van der Waals surface area contributed by atoms with E-state index in [-0.39, 0.29) is 17.1 Å². The molecule has 0 saturated heterocycles. The minimum absolute atomic E-state index is 0.0403. The second-order valence-corrected chi connectivity index (χ2v) is 7.07. The topological polar surface area (TPSA) is 99.8 Å². The van der Waals surface area contributed by atoms with Gasteiger partial charge >= 0.3 is 5.97 Å². The van der Waals surface area contributed by atoms with Crippen LogP contribution in [-0.2, 0) is 16.6 Å². The SMILES string of the molecule is CCCn1cc(S(=O)(=O)N(C)CCC(C)O)cc1C(=O)O. The lowest BCUT2D eigenvalue weighted by Gasteiger charge is -2.16. The summed E-state index contributed by atoms with van der Waals surface area (Å²) in [6.45, 7) is 4.07. The third-order valence-electron chi connectivity index (χ3n) is 3.13. The van der Waals surface area contributed by atoms with Crippen LogP contribution in [0.3, 0.4) is 0 Å². The Kier molecular flexibility index (Phi) is 5.94. The Morgan fingerprint density at radius 2 is 2.10 bits per heavy atom. The highest BCUT2D eigenvalue weighted by molar-refractivity contribution is 7.89. The summed E-state index contributed by atoms with van der Waals surface area (Å²) in [5, 5.41) is 18.3. The van der Waals surface area contributed by atoms with Crippen molar-refractivity contribution in [2.75, 3.05) is 13.6 Å². The molecular weight excluding hydrogens is 296 g/mol. The summed E-state index contributed by atoms with van der Waals surface area (Å²) < 4.78 is 27.3. The van der Waals surface area contributed by atoms with Gasteiger partial charge in [0.2, 0.25) is 10.0 Å². The number of nitrogens with zero attached hydrogens (tertiary/aromatic N) is 2. The first kappa shape index (κ1) is 17.7. The molecule has 0 radical (unpaired) electrons. The van der Waals surface area contributed by atoms with Crippen LogP contribution in [0.25, 0.3) is 0 Å². The first-order valence-corrected chi connectivity index (χ1v) is 8.22. The molecule has 0 aliphatic heterocycles. The van der Waals surface area contributed by atoms with Crippen LogP contribution in [-0.4, -0.2) is 53.2 Å². The molecule has 1 unspecified atom stereocenters. The maximum Gasteiger partial charge on any atom is 0.352 e. The van der Waals surface area contributed by atoms with E-state index in [1.165, 1.54) is 23.9 Å². The van der Waals surface area contributed by atoms with Crippen molar-refractivity contribution in [3.63, 3.8) is 0 Å². The molecule has 0 aliphatic rings. The molecule has 1 aromatic heterocycles. The monoisotopic (exact) mass is 318 g/mol. The van der Waals surface area contributed by atoms with Gasteiger partial charge in [0.15, 0.2) is 0 Å². The maximum absolute atomic E-state index is 12.4. The highest BCUT2D eigenvalue weighted by Gasteiger charge is 2.25. The second-order valence-electron chi connectivity index (χ2n) is 5.02. The first-order chi connectivity index (χ1) is 9.70. The van der Waals surface area contributed by atoms with Crippen molar-refractivity contribution >= 4 is 16.0 Å². The molecule has 0 saturated carbocycles. The van der Waals surface area contributed by atoms with Gasteiger partial charge in [-0.05, 0) is 25.8 Å². The number of hydrogen-bond acceptors (Lipinski definition) is 4. The molecule has 8 heteroatoms. The molecule has 1 aromatic rings. The van der Waals surface area contributed by atoms with Crippen LogP contribution >= 0.6 is 0 Å². The molecule has 21 heavy (non-hydrogen) atoms. The molecule has 1 rings (SSSR count). The minimum Gasteiger partial charge on any atom is -0.477 e. The lowest BCUT2D eigenvalue weighted by molar-refractivity contribution is 0.0685. The molecule has 0 fully saturated rings. The number of sulfonamides is 1. The van der Waals surface area contributed by atoms with Gasteiger partial charge in [-0.25, -0.2) is 17.5 Å². The van der Waals surface area contributed by atoms with Gasteiger partial charge in [-0.2, -0.15) is 0 Å². The number of aromatic carboxylic acids is 1. The summed E-state index contributed by atoms with van der Waals surface area (Å²) in [5.74, 6) is -1.16. The largest absolute Gasteiger partial charge is 0.477 e. The van der Waals surface area contributed by atoms with Crippen molar-refractivity contribution in [2.45, 2.75) is 44.2 Å². The van der Waals surface area contributed by atoms with E-state index in [1.807, 2.05) is 6.92 Å². The fourth-order valence-electron chi connectivity index (χ4n) is 1.90. The van der Waals surface area contributed by atoms with Crippen LogP contribution in [0.1, 0.15) is 37.2 Å². The first-order valence-electron chi connectivity index (χ1n) is 6.78. The summed E-state index contributed by atoms with van der Waals surface area (Å²) in [5.41, 5.74) is -0.0423. The van der Waals surface area contributed by atoms with Crippen molar-refractivity contribution in [2.24, 2.45) is 0 Å². The summed E-state index contributed by atoms with van der Waals surface area (Å²) >= 11 is 0.